The Balaban J connectivity index is 1.71. The van der Waals surface area contributed by atoms with Crippen molar-refractivity contribution in [3.8, 4) is 0 Å². The van der Waals surface area contributed by atoms with Gasteiger partial charge in [-0.15, -0.1) is 0 Å². The van der Waals surface area contributed by atoms with Crippen LogP contribution in [-0.2, 0) is 10.0 Å². The highest BCUT2D eigenvalue weighted by molar-refractivity contribution is 7.89. The topological polar surface area (TPSA) is 103 Å². The molecule has 0 bridgehead atoms. The molecule has 10 heteroatoms. The summed E-state index contributed by atoms with van der Waals surface area (Å²) >= 11 is 1.16. The second kappa shape index (κ2) is 7.31. The number of carbonyl (C=O) groups excluding carboxylic acids is 1. The number of nitrogens with zero attached hydrogens (tertiary/aromatic N) is 3. The van der Waals surface area contributed by atoms with E-state index in [9.17, 15) is 13.2 Å². The molecular weight excluding hydrogens is 376 g/mol. The quantitative estimate of drug-likeness (QED) is 0.598. The molecule has 1 aromatic carbocycles. The predicted octanol–water partition coefficient (Wildman–Crippen LogP) is 1.39. The molecule has 0 unspecified atom stereocenters. The summed E-state index contributed by atoms with van der Waals surface area (Å²) < 4.78 is 27.2. The van der Waals surface area contributed by atoms with Gasteiger partial charge in [0.1, 0.15) is 4.88 Å². The van der Waals surface area contributed by atoms with Crippen LogP contribution in [0.15, 0.2) is 29.3 Å². The maximum atomic E-state index is 12.9. The van der Waals surface area contributed by atoms with E-state index in [0.29, 0.717) is 41.1 Å². The smallest absolute Gasteiger partial charge is 0.286 e. The summed E-state index contributed by atoms with van der Waals surface area (Å²) in [6, 6.07) is 5.32. The summed E-state index contributed by atoms with van der Waals surface area (Å²) in [4.78, 5) is 18.1. The summed E-state index contributed by atoms with van der Waals surface area (Å²) in [5.74, 6) is -0.607. The van der Waals surface area contributed by atoms with Crippen molar-refractivity contribution in [1.82, 2.24) is 14.8 Å². The van der Waals surface area contributed by atoms with E-state index in [0.717, 1.165) is 22.5 Å². The Morgan fingerprint density at radius 1 is 1.15 bits per heavy atom. The van der Waals surface area contributed by atoms with Gasteiger partial charge in [-0.2, -0.15) is 4.31 Å². The van der Waals surface area contributed by atoms with E-state index >= 15 is 0 Å². The number of hydroxylamine groups is 1. The first-order valence-electron chi connectivity index (χ1n) is 8.05. The van der Waals surface area contributed by atoms with Crippen LogP contribution >= 0.6 is 11.3 Å². The van der Waals surface area contributed by atoms with Crippen LogP contribution in [0.1, 0.15) is 20.8 Å². The Kier molecular flexibility index (Phi) is 5.28. The fourth-order valence-electron chi connectivity index (χ4n) is 2.92. The van der Waals surface area contributed by atoms with Crippen molar-refractivity contribution in [2.45, 2.75) is 18.7 Å². The molecule has 140 valence electrons. The van der Waals surface area contributed by atoms with E-state index in [4.69, 9.17) is 5.21 Å². The molecular formula is C16H20N4O4S2. The minimum atomic E-state index is -3.53. The summed E-state index contributed by atoms with van der Waals surface area (Å²) in [5.41, 5.74) is 3.41. The average molecular weight is 396 g/mol. The molecule has 0 aliphatic carbocycles. The Bertz CT molecular complexity index is 898. The number of sulfonamides is 1. The average Bonchev–Trinajstić information content (AvgIpc) is 3.10. The molecule has 1 aromatic heterocycles. The Morgan fingerprint density at radius 2 is 1.77 bits per heavy atom. The molecule has 1 aliphatic heterocycles. The van der Waals surface area contributed by atoms with Gasteiger partial charge in [0, 0.05) is 26.2 Å². The highest BCUT2D eigenvalue weighted by atomic mass is 32.2. The van der Waals surface area contributed by atoms with Gasteiger partial charge in [0.15, 0.2) is 5.13 Å². The van der Waals surface area contributed by atoms with Crippen LogP contribution in [0.25, 0.3) is 0 Å². The van der Waals surface area contributed by atoms with E-state index in [1.54, 1.807) is 17.6 Å². The van der Waals surface area contributed by atoms with Crippen LogP contribution in [-0.4, -0.2) is 55.0 Å². The van der Waals surface area contributed by atoms with E-state index in [1.807, 2.05) is 24.8 Å². The largest absolute Gasteiger partial charge is 0.345 e. The zero-order chi connectivity index (χ0) is 18.9. The van der Waals surface area contributed by atoms with Crippen LogP contribution in [0.2, 0.25) is 0 Å². The van der Waals surface area contributed by atoms with Crippen LogP contribution in [0.5, 0.6) is 0 Å². The number of hydrogen-bond donors (Lipinski definition) is 2. The lowest BCUT2D eigenvalue weighted by molar-refractivity contribution is 0.0710. The highest BCUT2D eigenvalue weighted by Crippen LogP contribution is 2.26. The highest BCUT2D eigenvalue weighted by Gasteiger charge is 2.29. The van der Waals surface area contributed by atoms with E-state index in [1.165, 1.54) is 10.5 Å². The molecule has 2 heterocycles. The lowest BCUT2D eigenvalue weighted by atomic mass is 10.2. The first-order valence-corrected chi connectivity index (χ1v) is 10.3. The monoisotopic (exact) mass is 396 g/mol. The van der Waals surface area contributed by atoms with Gasteiger partial charge in [-0.05, 0) is 37.1 Å². The molecule has 0 saturated carbocycles. The molecule has 1 aliphatic rings. The van der Waals surface area contributed by atoms with Gasteiger partial charge >= 0.3 is 0 Å². The first-order chi connectivity index (χ1) is 12.3. The number of carbonyl (C=O) groups is 1. The van der Waals surface area contributed by atoms with Crippen molar-refractivity contribution >= 4 is 32.4 Å². The fraction of sp³-hybridized carbons (Fsp3) is 0.375. The molecule has 8 nitrogen and oxygen atoms in total. The molecule has 0 atom stereocenters. The van der Waals surface area contributed by atoms with E-state index in [2.05, 4.69) is 4.98 Å². The van der Waals surface area contributed by atoms with Gasteiger partial charge in [0.25, 0.3) is 5.91 Å². The lowest BCUT2D eigenvalue weighted by Crippen LogP contribution is -2.48. The number of thiazole rings is 1. The van der Waals surface area contributed by atoms with Crippen molar-refractivity contribution < 1.29 is 18.4 Å². The van der Waals surface area contributed by atoms with Crippen molar-refractivity contribution in [3.63, 3.8) is 0 Å². The number of aryl methyl sites for hydroxylation is 2. The summed E-state index contributed by atoms with van der Waals surface area (Å²) in [7, 11) is -3.53. The normalized spacial score (nSPS) is 15.9. The minimum Gasteiger partial charge on any atom is -0.345 e. The number of rotatable bonds is 4. The van der Waals surface area contributed by atoms with E-state index < -0.39 is 15.9 Å². The van der Waals surface area contributed by atoms with Gasteiger partial charge in [-0.3, -0.25) is 10.0 Å². The number of piperazine rings is 1. The van der Waals surface area contributed by atoms with Crippen LogP contribution in [0.4, 0.5) is 5.13 Å². The molecule has 1 saturated heterocycles. The number of aromatic nitrogens is 1. The van der Waals surface area contributed by atoms with Crippen LogP contribution in [0, 0.1) is 13.8 Å². The third-order valence-electron chi connectivity index (χ3n) is 4.16. The first kappa shape index (κ1) is 18.8. The second-order valence-corrected chi connectivity index (χ2v) is 9.11. The third-order valence-corrected chi connectivity index (χ3v) is 7.09. The molecule has 0 spiro atoms. The molecule has 1 fully saturated rings. The second-order valence-electron chi connectivity index (χ2n) is 6.16. The Morgan fingerprint density at radius 3 is 2.35 bits per heavy atom. The van der Waals surface area contributed by atoms with Crippen molar-refractivity contribution in [1.29, 1.82) is 0 Å². The third kappa shape index (κ3) is 3.73. The number of benzene rings is 1. The van der Waals surface area contributed by atoms with Gasteiger partial charge in [0.05, 0.1) is 11.1 Å². The number of hydrogen-bond acceptors (Lipinski definition) is 7. The minimum absolute atomic E-state index is 0.299. The standard InChI is InChI=1S/C16H20N4O4S2/c1-11-7-12(2)9-13(8-11)26(23,24)20-5-3-19(4-6-20)16-17-10-14(25-16)15(21)18-22/h7-10,22H,3-6H2,1-2H3,(H,18,21). The fourth-order valence-corrected chi connectivity index (χ4v) is 5.39. The number of amides is 1. The predicted molar refractivity (Wildman–Crippen MR) is 98.3 cm³/mol. The summed E-state index contributed by atoms with van der Waals surface area (Å²) in [6.07, 6.45) is 1.39. The molecule has 0 radical (unpaired) electrons. The number of nitrogens with one attached hydrogen (secondary N) is 1. The maximum Gasteiger partial charge on any atom is 0.286 e. The SMILES string of the molecule is Cc1cc(C)cc(S(=O)(=O)N2CCN(c3ncc(C(=O)NO)s3)CC2)c1. The summed E-state index contributed by atoms with van der Waals surface area (Å²) in [5, 5.41) is 9.30. The summed E-state index contributed by atoms with van der Waals surface area (Å²) in [6.45, 7) is 5.42. The molecule has 1 amide bonds. The molecule has 26 heavy (non-hydrogen) atoms. The molecule has 2 aromatic rings. The van der Waals surface area contributed by atoms with E-state index in [-0.39, 0.29) is 0 Å². The van der Waals surface area contributed by atoms with Gasteiger partial charge in [-0.25, -0.2) is 18.9 Å². The van der Waals surface area contributed by atoms with Crippen LogP contribution in [0.3, 0.4) is 0 Å². The van der Waals surface area contributed by atoms with Crippen LogP contribution < -0.4 is 10.4 Å². The maximum absolute atomic E-state index is 12.9. The molecule has 2 N–H and O–H groups in total. The zero-order valence-electron chi connectivity index (χ0n) is 14.5. The van der Waals surface area contributed by atoms with Gasteiger partial charge < -0.3 is 4.90 Å². The Labute approximate surface area is 156 Å². The van der Waals surface area contributed by atoms with Crippen molar-refractivity contribution in [2.75, 3.05) is 31.1 Å². The number of anilines is 1. The van der Waals surface area contributed by atoms with Crippen molar-refractivity contribution in [3.05, 3.63) is 40.4 Å². The molecule has 3 rings (SSSR count). The lowest BCUT2D eigenvalue weighted by Gasteiger charge is -2.33. The Hall–Kier alpha value is -2.01. The van der Waals surface area contributed by atoms with Gasteiger partial charge in [-0.1, -0.05) is 17.4 Å². The van der Waals surface area contributed by atoms with Gasteiger partial charge in [0.2, 0.25) is 10.0 Å². The zero-order valence-corrected chi connectivity index (χ0v) is 16.1. The van der Waals surface area contributed by atoms with Crippen molar-refractivity contribution in [2.24, 2.45) is 0 Å².